The van der Waals surface area contributed by atoms with E-state index in [1.807, 2.05) is 0 Å². The second kappa shape index (κ2) is 3.91. The largest absolute Gasteiger partial charge is 0.440 e. The third kappa shape index (κ3) is 2.19. The van der Waals surface area contributed by atoms with Crippen molar-refractivity contribution in [3.05, 3.63) is 48.5 Å². The predicted molar refractivity (Wildman–Crippen MR) is 50.0 cm³/mol. The van der Waals surface area contributed by atoms with Crippen LogP contribution in [0, 0.1) is 5.82 Å². The minimum atomic E-state index is -0.633. The lowest BCUT2D eigenvalue weighted by atomic mass is 10.3. The van der Waals surface area contributed by atoms with Gasteiger partial charge in [0.05, 0.1) is 0 Å². The van der Waals surface area contributed by atoms with Gasteiger partial charge < -0.3 is 4.74 Å². The molecule has 1 aromatic carbocycles. The number of halogens is 1. The Kier molecular flexibility index (Phi) is 2.45. The van der Waals surface area contributed by atoms with Gasteiger partial charge in [-0.3, -0.25) is 0 Å². The van der Waals surface area contributed by atoms with Gasteiger partial charge in [0.1, 0.15) is 11.6 Å². The number of ether oxygens (including phenoxy) is 1. The molecule has 0 bridgehead atoms. The molecule has 0 saturated carbocycles. The van der Waals surface area contributed by atoms with Crippen molar-refractivity contribution < 1.29 is 13.9 Å². The average Bonchev–Trinajstić information content (AvgIpc) is 2.74. The van der Waals surface area contributed by atoms with Crippen LogP contribution in [0.15, 0.2) is 42.7 Å². The molecule has 0 N–H and O–H groups in total. The molecule has 4 nitrogen and oxygen atoms in total. The quantitative estimate of drug-likeness (QED) is 0.717. The fraction of sp³-hybridized carbons (Fsp3) is 0. The Hall–Kier alpha value is -2.17. The first-order valence-corrected chi connectivity index (χ1v) is 4.23. The van der Waals surface area contributed by atoms with Gasteiger partial charge in [0.2, 0.25) is 0 Å². The minimum absolute atomic E-state index is 0.275. The summed E-state index contributed by atoms with van der Waals surface area (Å²) >= 11 is 0. The van der Waals surface area contributed by atoms with Crippen molar-refractivity contribution in [1.82, 2.24) is 9.78 Å². The van der Waals surface area contributed by atoms with Crippen LogP contribution in [-0.4, -0.2) is 15.9 Å². The molecule has 1 aromatic heterocycles. The molecule has 0 aliphatic heterocycles. The minimum Gasteiger partial charge on any atom is -0.409 e. The van der Waals surface area contributed by atoms with Crippen molar-refractivity contribution >= 4 is 6.09 Å². The normalized spacial score (nSPS) is 9.93. The molecule has 0 aliphatic carbocycles. The first-order chi connectivity index (χ1) is 7.25. The number of carbonyl (C=O) groups is 1. The number of carbonyl (C=O) groups excluding carboxylic acids is 1. The highest BCUT2D eigenvalue weighted by Gasteiger charge is 2.06. The van der Waals surface area contributed by atoms with Crippen molar-refractivity contribution in [2.24, 2.45) is 0 Å². The molecule has 5 heteroatoms. The van der Waals surface area contributed by atoms with Crippen molar-refractivity contribution in [1.29, 1.82) is 0 Å². The Bertz CT molecular complexity index is 451. The average molecular weight is 206 g/mol. The molecule has 1 heterocycles. The summed E-state index contributed by atoms with van der Waals surface area (Å²) < 4.78 is 18.5. The first kappa shape index (κ1) is 9.39. The molecular weight excluding hydrogens is 199 g/mol. The highest BCUT2D eigenvalue weighted by atomic mass is 19.1. The summed E-state index contributed by atoms with van der Waals surface area (Å²) in [6.45, 7) is 0. The van der Waals surface area contributed by atoms with E-state index in [4.69, 9.17) is 4.74 Å². The van der Waals surface area contributed by atoms with Crippen molar-refractivity contribution in [2.45, 2.75) is 0 Å². The number of nitrogens with zero attached hydrogens (tertiary/aromatic N) is 2. The van der Waals surface area contributed by atoms with Crippen LogP contribution in [-0.2, 0) is 0 Å². The molecule has 0 saturated heterocycles. The summed E-state index contributed by atoms with van der Waals surface area (Å²) in [6, 6.07) is 6.77. The Morgan fingerprint density at radius 1 is 1.33 bits per heavy atom. The maximum Gasteiger partial charge on any atom is 0.440 e. The molecule has 0 aliphatic rings. The van der Waals surface area contributed by atoms with Gasteiger partial charge in [-0.15, -0.1) is 0 Å². The van der Waals surface area contributed by atoms with Gasteiger partial charge in [0.25, 0.3) is 0 Å². The number of benzene rings is 1. The van der Waals surface area contributed by atoms with Gasteiger partial charge in [-0.25, -0.2) is 9.18 Å². The van der Waals surface area contributed by atoms with Crippen LogP contribution in [0.4, 0.5) is 9.18 Å². The lowest BCUT2D eigenvalue weighted by Crippen LogP contribution is -2.16. The van der Waals surface area contributed by atoms with E-state index >= 15 is 0 Å². The standard InChI is InChI=1S/C10H7FN2O2/c11-8-2-4-9(5-3-8)15-10(14)13-7-1-6-12-13/h1-7H. The molecule has 0 amide bonds. The molecule has 2 rings (SSSR count). The Morgan fingerprint density at radius 3 is 2.67 bits per heavy atom. The molecule has 2 aromatic rings. The second-order valence-electron chi connectivity index (χ2n) is 2.77. The van der Waals surface area contributed by atoms with E-state index in [2.05, 4.69) is 5.10 Å². The number of hydrogen-bond donors (Lipinski definition) is 0. The van der Waals surface area contributed by atoms with Gasteiger partial charge in [0, 0.05) is 12.4 Å². The van der Waals surface area contributed by atoms with E-state index in [0.717, 1.165) is 4.68 Å². The van der Waals surface area contributed by atoms with Gasteiger partial charge in [0.15, 0.2) is 0 Å². The van der Waals surface area contributed by atoms with Crippen LogP contribution in [0.3, 0.4) is 0 Å². The highest BCUT2D eigenvalue weighted by Crippen LogP contribution is 2.11. The lowest BCUT2D eigenvalue weighted by Gasteiger charge is -2.02. The monoisotopic (exact) mass is 206 g/mol. The summed E-state index contributed by atoms with van der Waals surface area (Å²) in [5.41, 5.74) is 0. The smallest absolute Gasteiger partial charge is 0.409 e. The third-order valence-electron chi connectivity index (χ3n) is 1.71. The molecule has 0 unspecified atom stereocenters. The zero-order valence-electron chi connectivity index (χ0n) is 7.63. The van der Waals surface area contributed by atoms with E-state index < -0.39 is 6.09 Å². The van der Waals surface area contributed by atoms with Crippen LogP contribution in [0.1, 0.15) is 0 Å². The van der Waals surface area contributed by atoms with Gasteiger partial charge >= 0.3 is 6.09 Å². The number of hydrogen-bond acceptors (Lipinski definition) is 3. The highest BCUT2D eigenvalue weighted by molar-refractivity contribution is 5.71. The van der Waals surface area contributed by atoms with E-state index in [-0.39, 0.29) is 11.6 Å². The second-order valence-corrected chi connectivity index (χ2v) is 2.77. The van der Waals surface area contributed by atoms with Crippen LogP contribution < -0.4 is 4.74 Å². The lowest BCUT2D eigenvalue weighted by molar-refractivity contribution is 0.198. The van der Waals surface area contributed by atoms with Crippen molar-refractivity contribution in [2.75, 3.05) is 0 Å². The SMILES string of the molecule is O=C(Oc1ccc(F)cc1)n1cccn1. The number of aromatic nitrogens is 2. The van der Waals surface area contributed by atoms with Crippen LogP contribution in [0.25, 0.3) is 0 Å². The van der Waals surface area contributed by atoms with E-state index in [1.165, 1.54) is 36.7 Å². The van der Waals surface area contributed by atoms with Gasteiger partial charge in [-0.1, -0.05) is 0 Å². The van der Waals surface area contributed by atoms with Crippen molar-refractivity contribution in [3.8, 4) is 5.75 Å². The van der Waals surface area contributed by atoms with E-state index in [1.54, 1.807) is 6.07 Å². The summed E-state index contributed by atoms with van der Waals surface area (Å²) in [6.07, 6.45) is 2.30. The molecule has 0 fully saturated rings. The molecule has 0 spiro atoms. The van der Waals surface area contributed by atoms with Crippen LogP contribution in [0.2, 0.25) is 0 Å². The Balaban J connectivity index is 2.09. The van der Waals surface area contributed by atoms with E-state index in [0.29, 0.717) is 0 Å². The summed E-state index contributed by atoms with van der Waals surface area (Å²) in [5.74, 6) is -0.106. The van der Waals surface area contributed by atoms with Crippen LogP contribution >= 0.6 is 0 Å². The number of rotatable bonds is 1. The zero-order valence-corrected chi connectivity index (χ0v) is 7.63. The fourth-order valence-electron chi connectivity index (χ4n) is 1.03. The topological polar surface area (TPSA) is 44.1 Å². The maximum atomic E-state index is 12.5. The van der Waals surface area contributed by atoms with Crippen LogP contribution in [0.5, 0.6) is 5.75 Å². The Labute approximate surface area is 84.9 Å². The predicted octanol–water partition coefficient (Wildman–Crippen LogP) is 2.07. The zero-order chi connectivity index (χ0) is 10.7. The molecule has 76 valence electrons. The van der Waals surface area contributed by atoms with E-state index in [9.17, 15) is 9.18 Å². The molecular formula is C10H7FN2O2. The summed E-state index contributed by atoms with van der Waals surface area (Å²) in [7, 11) is 0. The van der Waals surface area contributed by atoms with Crippen molar-refractivity contribution in [3.63, 3.8) is 0 Å². The summed E-state index contributed by atoms with van der Waals surface area (Å²) in [5, 5.41) is 3.70. The fourth-order valence-corrected chi connectivity index (χ4v) is 1.03. The molecule has 0 radical (unpaired) electrons. The maximum absolute atomic E-state index is 12.5. The first-order valence-electron chi connectivity index (χ1n) is 4.23. The summed E-state index contributed by atoms with van der Waals surface area (Å²) in [4.78, 5) is 11.3. The molecule has 0 atom stereocenters. The van der Waals surface area contributed by atoms with Gasteiger partial charge in [-0.05, 0) is 30.3 Å². The van der Waals surface area contributed by atoms with Gasteiger partial charge in [-0.2, -0.15) is 9.78 Å². The Morgan fingerprint density at radius 2 is 2.07 bits per heavy atom. The molecule has 15 heavy (non-hydrogen) atoms. The third-order valence-corrected chi connectivity index (χ3v) is 1.71.